The molecule has 1 unspecified atom stereocenters. The van der Waals surface area contributed by atoms with Gasteiger partial charge in [0.1, 0.15) is 0 Å². The van der Waals surface area contributed by atoms with Gasteiger partial charge in [0.25, 0.3) is 5.91 Å². The largest absolute Gasteiger partial charge is 0.345 e. The monoisotopic (exact) mass is 370 g/mol. The Balaban J connectivity index is 1.49. The molecule has 6 heteroatoms. The highest BCUT2D eigenvalue weighted by atomic mass is 32.2. The highest BCUT2D eigenvalue weighted by Gasteiger charge is 2.30. The molecule has 2 aliphatic rings. The van der Waals surface area contributed by atoms with Crippen LogP contribution in [0.4, 0.5) is 0 Å². The summed E-state index contributed by atoms with van der Waals surface area (Å²) in [4.78, 5) is 12.2. The SMILES string of the molecule is O=C1NC(Cc2ccccc2)c2cc(CNS(=O)(=O)CC3CC3)ccc21. The van der Waals surface area contributed by atoms with Crippen molar-refractivity contribution in [3.05, 3.63) is 70.8 Å². The maximum absolute atomic E-state index is 12.2. The van der Waals surface area contributed by atoms with Crippen molar-refractivity contribution in [2.45, 2.75) is 31.8 Å². The van der Waals surface area contributed by atoms with Crippen LogP contribution >= 0.6 is 0 Å². The molecule has 0 bridgehead atoms. The summed E-state index contributed by atoms with van der Waals surface area (Å²) in [5, 5.41) is 3.02. The van der Waals surface area contributed by atoms with E-state index < -0.39 is 10.0 Å². The van der Waals surface area contributed by atoms with Gasteiger partial charge < -0.3 is 5.32 Å². The van der Waals surface area contributed by atoms with Gasteiger partial charge in [-0.3, -0.25) is 4.79 Å². The van der Waals surface area contributed by atoms with Gasteiger partial charge >= 0.3 is 0 Å². The van der Waals surface area contributed by atoms with Gasteiger partial charge in [-0.15, -0.1) is 0 Å². The van der Waals surface area contributed by atoms with Crippen LogP contribution in [-0.2, 0) is 23.0 Å². The molecule has 2 aromatic rings. The molecule has 1 aliphatic heterocycles. The lowest BCUT2D eigenvalue weighted by Gasteiger charge is -2.13. The van der Waals surface area contributed by atoms with Crippen LogP contribution in [0, 0.1) is 5.92 Å². The molecule has 2 aromatic carbocycles. The van der Waals surface area contributed by atoms with Crippen LogP contribution in [0.3, 0.4) is 0 Å². The fraction of sp³-hybridized carbons (Fsp3) is 0.350. The first-order chi connectivity index (χ1) is 12.5. The van der Waals surface area contributed by atoms with Crippen LogP contribution < -0.4 is 10.0 Å². The van der Waals surface area contributed by atoms with Crippen molar-refractivity contribution >= 4 is 15.9 Å². The van der Waals surface area contributed by atoms with Crippen molar-refractivity contribution in [3.63, 3.8) is 0 Å². The van der Waals surface area contributed by atoms with Gasteiger partial charge in [0, 0.05) is 12.1 Å². The molecule has 136 valence electrons. The highest BCUT2D eigenvalue weighted by Crippen LogP contribution is 2.31. The van der Waals surface area contributed by atoms with Crippen molar-refractivity contribution < 1.29 is 13.2 Å². The number of sulfonamides is 1. The molecule has 5 nitrogen and oxygen atoms in total. The lowest BCUT2D eigenvalue weighted by Crippen LogP contribution is -2.26. The van der Waals surface area contributed by atoms with Crippen molar-refractivity contribution in [1.82, 2.24) is 10.0 Å². The predicted octanol–water partition coefficient (Wildman–Crippen LogP) is 2.54. The third kappa shape index (κ3) is 3.97. The van der Waals surface area contributed by atoms with Gasteiger partial charge in [0.15, 0.2) is 0 Å². The van der Waals surface area contributed by atoms with Crippen molar-refractivity contribution in [1.29, 1.82) is 0 Å². The quantitative estimate of drug-likeness (QED) is 0.786. The number of fused-ring (bicyclic) bond motifs is 1. The number of carbonyl (C=O) groups is 1. The Labute approximate surface area is 153 Å². The molecule has 1 aliphatic carbocycles. The molecule has 1 heterocycles. The van der Waals surface area contributed by atoms with Gasteiger partial charge in [-0.1, -0.05) is 42.5 Å². The summed E-state index contributed by atoms with van der Waals surface area (Å²) >= 11 is 0. The van der Waals surface area contributed by atoms with E-state index >= 15 is 0 Å². The second-order valence-electron chi connectivity index (χ2n) is 7.18. The third-order valence-corrected chi connectivity index (χ3v) is 6.47. The molecule has 26 heavy (non-hydrogen) atoms. The smallest absolute Gasteiger partial charge is 0.252 e. The van der Waals surface area contributed by atoms with Gasteiger partial charge in [-0.2, -0.15) is 0 Å². The van der Waals surface area contributed by atoms with E-state index in [-0.39, 0.29) is 24.2 Å². The maximum atomic E-state index is 12.2. The molecule has 1 fully saturated rings. The number of amides is 1. The van der Waals surface area contributed by atoms with Crippen molar-refractivity contribution in [2.75, 3.05) is 5.75 Å². The summed E-state index contributed by atoms with van der Waals surface area (Å²) in [6.07, 6.45) is 2.74. The second kappa shape index (κ2) is 6.85. The minimum Gasteiger partial charge on any atom is -0.345 e. The first-order valence-electron chi connectivity index (χ1n) is 8.95. The Morgan fingerprint density at radius 1 is 1.04 bits per heavy atom. The summed E-state index contributed by atoms with van der Waals surface area (Å²) in [6, 6.07) is 15.5. The van der Waals surface area contributed by atoms with Crippen LogP contribution in [0.5, 0.6) is 0 Å². The molecular weight excluding hydrogens is 348 g/mol. The fourth-order valence-electron chi connectivity index (χ4n) is 3.39. The molecule has 0 radical (unpaired) electrons. The van der Waals surface area contributed by atoms with Crippen molar-refractivity contribution in [2.24, 2.45) is 5.92 Å². The lowest BCUT2D eigenvalue weighted by molar-refractivity contribution is 0.0956. The fourth-order valence-corrected chi connectivity index (χ4v) is 4.85. The first kappa shape index (κ1) is 17.2. The average molecular weight is 370 g/mol. The Morgan fingerprint density at radius 3 is 2.54 bits per heavy atom. The van der Waals surface area contributed by atoms with E-state index in [0.29, 0.717) is 11.5 Å². The molecule has 0 spiro atoms. The third-order valence-electron chi connectivity index (χ3n) is 4.97. The van der Waals surface area contributed by atoms with E-state index in [2.05, 4.69) is 10.0 Å². The zero-order valence-corrected chi connectivity index (χ0v) is 15.3. The first-order valence-corrected chi connectivity index (χ1v) is 10.6. The summed E-state index contributed by atoms with van der Waals surface area (Å²) in [7, 11) is -3.24. The second-order valence-corrected chi connectivity index (χ2v) is 9.03. The van der Waals surface area contributed by atoms with E-state index in [1.54, 1.807) is 6.07 Å². The number of rotatable bonds is 7. The van der Waals surface area contributed by atoms with Crippen LogP contribution in [-0.4, -0.2) is 20.1 Å². The average Bonchev–Trinajstić information content (AvgIpc) is 3.37. The van der Waals surface area contributed by atoms with E-state index in [0.717, 1.165) is 36.0 Å². The Hall–Kier alpha value is -2.18. The van der Waals surface area contributed by atoms with Gasteiger partial charge in [0.2, 0.25) is 10.0 Å². The number of hydrogen-bond donors (Lipinski definition) is 2. The lowest BCUT2D eigenvalue weighted by atomic mass is 9.97. The van der Waals surface area contributed by atoms with Gasteiger partial charge in [-0.05, 0) is 47.9 Å². The molecule has 0 saturated heterocycles. The zero-order valence-electron chi connectivity index (χ0n) is 14.4. The summed E-state index contributed by atoms with van der Waals surface area (Å²) in [6.45, 7) is 0.259. The summed E-state index contributed by atoms with van der Waals surface area (Å²) < 4.78 is 26.8. The van der Waals surface area contributed by atoms with E-state index in [1.165, 1.54) is 0 Å². The number of hydrogen-bond acceptors (Lipinski definition) is 3. The molecule has 1 amide bonds. The number of carbonyl (C=O) groups excluding carboxylic acids is 1. The summed E-state index contributed by atoms with van der Waals surface area (Å²) in [5.74, 6) is 0.473. The zero-order chi connectivity index (χ0) is 18.1. The molecule has 4 rings (SSSR count). The highest BCUT2D eigenvalue weighted by molar-refractivity contribution is 7.89. The molecule has 0 aromatic heterocycles. The maximum Gasteiger partial charge on any atom is 0.252 e. The molecule has 2 N–H and O–H groups in total. The van der Waals surface area contributed by atoms with Crippen LogP contribution in [0.2, 0.25) is 0 Å². The predicted molar refractivity (Wildman–Crippen MR) is 100 cm³/mol. The topological polar surface area (TPSA) is 75.3 Å². The van der Waals surface area contributed by atoms with E-state index in [9.17, 15) is 13.2 Å². The molecule has 1 saturated carbocycles. The van der Waals surface area contributed by atoms with Gasteiger partial charge in [0.05, 0.1) is 11.8 Å². The van der Waals surface area contributed by atoms with Crippen molar-refractivity contribution in [3.8, 4) is 0 Å². The Morgan fingerprint density at radius 2 is 1.81 bits per heavy atom. The number of benzene rings is 2. The number of nitrogens with one attached hydrogen (secondary N) is 2. The van der Waals surface area contributed by atoms with Gasteiger partial charge in [-0.25, -0.2) is 13.1 Å². The minimum absolute atomic E-state index is 0.0678. The molecule has 1 atom stereocenters. The van der Waals surface area contributed by atoms with Crippen LogP contribution in [0.25, 0.3) is 0 Å². The van der Waals surface area contributed by atoms with Crippen LogP contribution in [0.15, 0.2) is 48.5 Å². The summed E-state index contributed by atoms with van der Waals surface area (Å²) in [5.41, 5.74) is 3.65. The Bertz CT molecular complexity index is 921. The molecular formula is C20H22N2O3S. The Kier molecular flexibility index (Phi) is 4.54. The van der Waals surface area contributed by atoms with Crippen LogP contribution in [0.1, 0.15) is 45.9 Å². The van der Waals surface area contributed by atoms with E-state index in [1.807, 2.05) is 42.5 Å². The minimum atomic E-state index is -3.24. The standard InChI is InChI=1S/C20H22N2O3S/c23-20-17-9-8-16(12-21-26(24,25)13-15-6-7-15)10-18(17)19(22-20)11-14-4-2-1-3-5-14/h1-5,8-10,15,19,21H,6-7,11-13H2,(H,22,23). The van der Waals surface area contributed by atoms with E-state index in [4.69, 9.17) is 0 Å². The normalized spacial score (nSPS) is 19.2.